The van der Waals surface area contributed by atoms with Crippen molar-refractivity contribution in [2.45, 2.75) is 6.42 Å². The van der Waals surface area contributed by atoms with Gasteiger partial charge in [0.25, 0.3) is 11.8 Å². The van der Waals surface area contributed by atoms with Crippen LogP contribution < -0.4 is 10.6 Å². The van der Waals surface area contributed by atoms with Gasteiger partial charge in [-0.05, 0) is 48.9 Å². The number of likely N-dealkylation sites (tertiary alicyclic amines) is 1. The van der Waals surface area contributed by atoms with Crippen LogP contribution in [0.1, 0.15) is 32.7 Å². The van der Waals surface area contributed by atoms with Crippen LogP contribution in [0.4, 0.5) is 11.5 Å². The van der Waals surface area contributed by atoms with E-state index in [2.05, 4.69) is 15.6 Å². The molecule has 0 atom stereocenters. The third-order valence-corrected chi connectivity index (χ3v) is 5.87. The van der Waals surface area contributed by atoms with Crippen molar-refractivity contribution in [3.63, 3.8) is 0 Å². The first-order valence-corrected chi connectivity index (χ1v) is 11.1. The van der Waals surface area contributed by atoms with Crippen molar-refractivity contribution < 1.29 is 9.59 Å². The van der Waals surface area contributed by atoms with Crippen LogP contribution in [-0.2, 0) is 0 Å². The van der Waals surface area contributed by atoms with Crippen LogP contribution in [0.15, 0.2) is 54.7 Å². The molecular weight excluding hydrogens is 485 g/mol. The average Bonchev–Trinajstić information content (AvgIpc) is 2.75. The molecule has 0 aliphatic carbocycles. The molecule has 33 heavy (non-hydrogen) atoms. The number of carbonyl (C=O) groups excluding carboxylic acids is 2. The zero-order valence-corrected chi connectivity index (χ0v) is 19.4. The molecule has 168 valence electrons. The van der Waals surface area contributed by atoms with Gasteiger partial charge in [0.15, 0.2) is 0 Å². The first-order valence-electron chi connectivity index (χ1n) is 9.99. The smallest absolute Gasteiger partial charge is 0.258 e. The van der Waals surface area contributed by atoms with Crippen LogP contribution in [0, 0.1) is 5.41 Å². The molecule has 3 aromatic rings. The molecular formula is C23H18Cl3N5O2. The summed E-state index contributed by atoms with van der Waals surface area (Å²) in [7, 11) is 0. The standard InChI is InChI=1S/C23H18Cl3N5O2/c24-14-3-6-19(17(11-14)23(33)30-20-7-4-15(25)12-28-20)29-22(32)16-5-2-13(10-18(16)26)21(27)31-8-1-9-31/h2-7,10-12,27H,1,8-9H2,(H,29,32)(H,28,30,33). The predicted octanol–water partition coefficient (Wildman–Crippen LogP) is 5.58. The van der Waals surface area contributed by atoms with E-state index in [0.29, 0.717) is 27.3 Å². The highest BCUT2D eigenvalue weighted by Crippen LogP contribution is 2.25. The van der Waals surface area contributed by atoms with Crippen molar-refractivity contribution in [1.82, 2.24) is 9.88 Å². The Kier molecular flexibility index (Phi) is 6.83. The Morgan fingerprint density at radius 3 is 2.24 bits per heavy atom. The maximum absolute atomic E-state index is 12.9. The van der Waals surface area contributed by atoms with Crippen molar-refractivity contribution in [3.8, 4) is 0 Å². The molecule has 2 heterocycles. The van der Waals surface area contributed by atoms with Crippen molar-refractivity contribution in [2.24, 2.45) is 0 Å². The zero-order valence-electron chi connectivity index (χ0n) is 17.2. The molecule has 7 nitrogen and oxygen atoms in total. The summed E-state index contributed by atoms with van der Waals surface area (Å²) in [5, 5.41) is 14.6. The first kappa shape index (κ1) is 23.0. The van der Waals surface area contributed by atoms with Gasteiger partial charge in [-0.2, -0.15) is 0 Å². The number of hydrogen-bond donors (Lipinski definition) is 3. The lowest BCUT2D eigenvalue weighted by atomic mass is 10.1. The average molecular weight is 503 g/mol. The predicted molar refractivity (Wildman–Crippen MR) is 131 cm³/mol. The summed E-state index contributed by atoms with van der Waals surface area (Å²) in [5.74, 6) is -0.331. The van der Waals surface area contributed by atoms with E-state index in [1.54, 1.807) is 36.4 Å². The van der Waals surface area contributed by atoms with E-state index in [4.69, 9.17) is 40.2 Å². The zero-order chi connectivity index (χ0) is 23.5. The Hall–Kier alpha value is -3.13. The molecule has 10 heteroatoms. The number of hydrogen-bond acceptors (Lipinski definition) is 4. The fraction of sp³-hybridized carbons (Fsp3) is 0.130. The molecule has 0 bridgehead atoms. The van der Waals surface area contributed by atoms with Crippen LogP contribution in [0.2, 0.25) is 15.1 Å². The van der Waals surface area contributed by atoms with Crippen LogP contribution in [0.3, 0.4) is 0 Å². The molecule has 0 radical (unpaired) electrons. The van der Waals surface area contributed by atoms with Crippen molar-refractivity contribution in [3.05, 3.63) is 86.5 Å². The third-order valence-electron chi connectivity index (χ3n) is 5.10. The van der Waals surface area contributed by atoms with Gasteiger partial charge in [0.1, 0.15) is 11.7 Å². The second-order valence-corrected chi connectivity index (χ2v) is 8.62. The van der Waals surface area contributed by atoms with E-state index in [1.165, 1.54) is 18.3 Å². The normalized spacial score (nSPS) is 12.6. The summed E-state index contributed by atoms with van der Waals surface area (Å²) in [6.45, 7) is 1.68. The summed E-state index contributed by atoms with van der Waals surface area (Å²) in [6.07, 6.45) is 2.47. The van der Waals surface area contributed by atoms with E-state index < -0.39 is 11.8 Å². The summed E-state index contributed by atoms with van der Waals surface area (Å²) in [4.78, 5) is 31.7. The van der Waals surface area contributed by atoms with Gasteiger partial charge in [-0.3, -0.25) is 15.0 Å². The van der Waals surface area contributed by atoms with Gasteiger partial charge >= 0.3 is 0 Å². The van der Waals surface area contributed by atoms with Crippen LogP contribution in [0.5, 0.6) is 0 Å². The Morgan fingerprint density at radius 2 is 1.61 bits per heavy atom. The molecule has 3 N–H and O–H groups in total. The van der Waals surface area contributed by atoms with Gasteiger partial charge in [0.05, 0.1) is 26.9 Å². The number of nitrogens with one attached hydrogen (secondary N) is 3. The third kappa shape index (κ3) is 5.27. The highest BCUT2D eigenvalue weighted by Gasteiger charge is 2.21. The lowest BCUT2D eigenvalue weighted by Gasteiger charge is -2.33. The molecule has 0 spiro atoms. The summed E-state index contributed by atoms with van der Waals surface area (Å²) in [5.41, 5.74) is 1.26. The molecule has 1 fully saturated rings. The quantitative estimate of drug-likeness (QED) is 0.313. The van der Waals surface area contributed by atoms with Crippen molar-refractivity contribution in [2.75, 3.05) is 23.7 Å². The number of pyridine rings is 1. The van der Waals surface area contributed by atoms with E-state index in [9.17, 15) is 9.59 Å². The summed E-state index contributed by atoms with van der Waals surface area (Å²) >= 11 is 18.3. The minimum absolute atomic E-state index is 0.153. The number of nitrogens with zero attached hydrogens (tertiary/aromatic N) is 2. The van der Waals surface area contributed by atoms with E-state index in [0.717, 1.165) is 19.5 Å². The van der Waals surface area contributed by atoms with Crippen LogP contribution in [0.25, 0.3) is 0 Å². The fourth-order valence-electron chi connectivity index (χ4n) is 3.21. The molecule has 1 aromatic heterocycles. The van der Waals surface area contributed by atoms with Crippen molar-refractivity contribution >= 4 is 64.0 Å². The highest BCUT2D eigenvalue weighted by atomic mass is 35.5. The Bertz CT molecular complexity index is 1240. The van der Waals surface area contributed by atoms with Gasteiger partial charge in [0, 0.05) is 29.9 Å². The SMILES string of the molecule is N=C(c1ccc(C(=O)Nc2ccc(Cl)cc2C(=O)Nc2ccc(Cl)cn2)c(Cl)c1)N1CCC1. The minimum Gasteiger partial charge on any atom is -0.356 e. The van der Waals surface area contributed by atoms with Gasteiger partial charge in [-0.15, -0.1) is 0 Å². The van der Waals surface area contributed by atoms with Gasteiger partial charge in [0.2, 0.25) is 0 Å². The molecule has 0 unspecified atom stereocenters. The maximum Gasteiger partial charge on any atom is 0.258 e. The molecule has 4 rings (SSSR count). The van der Waals surface area contributed by atoms with E-state index in [-0.39, 0.29) is 21.8 Å². The number of halogens is 3. The molecule has 1 saturated heterocycles. The van der Waals surface area contributed by atoms with Crippen LogP contribution >= 0.6 is 34.8 Å². The van der Waals surface area contributed by atoms with E-state index in [1.807, 2.05) is 4.90 Å². The molecule has 1 aliphatic rings. The molecule has 2 aromatic carbocycles. The number of amides is 2. The largest absolute Gasteiger partial charge is 0.356 e. The number of carbonyl (C=O) groups is 2. The highest BCUT2D eigenvalue weighted by molar-refractivity contribution is 6.35. The first-order chi connectivity index (χ1) is 15.8. The lowest BCUT2D eigenvalue weighted by Crippen LogP contribution is -2.42. The number of anilines is 2. The van der Waals surface area contributed by atoms with Crippen molar-refractivity contribution in [1.29, 1.82) is 5.41 Å². The van der Waals surface area contributed by atoms with Gasteiger partial charge < -0.3 is 15.5 Å². The minimum atomic E-state index is -0.507. The Balaban J connectivity index is 1.53. The fourth-order valence-corrected chi connectivity index (χ4v) is 3.76. The summed E-state index contributed by atoms with van der Waals surface area (Å²) in [6, 6.07) is 12.5. The lowest BCUT2D eigenvalue weighted by molar-refractivity contribution is 0.102. The molecule has 0 saturated carbocycles. The topological polar surface area (TPSA) is 98.2 Å². The molecule has 2 amide bonds. The number of amidine groups is 1. The van der Waals surface area contributed by atoms with E-state index >= 15 is 0 Å². The number of benzene rings is 2. The van der Waals surface area contributed by atoms with Gasteiger partial charge in [-0.25, -0.2) is 4.98 Å². The van der Waals surface area contributed by atoms with Crippen LogP contribution in [-0.4, -0.2) is 40.6 Å². The Morgan fingerprint density at radius 1 is 0.879 bits per heavy atom. The maximum atomic E-state index is 12.9. The second kappa shape index (κ2) is 9.79. The Labute approximate surface area is 205 Å². The number of aromatic nitrogens is 1. The summed E-state index contributed by atoms with van der Waals surface area (Å²) < 4.78 is 0. The van der Waals surface area contributed by atoms with Gasteiger partial charge in [-0.1, -0.05) is 40.9 Å². The number of rotatable bonds is 5. The second-order valence-electron chi connectivity index (χ2n) is 7.34. The molecule has 1 aliphatic heterocycles. The monoisotopic (exact) mass is 501 g/mol.